The summed E-state index contributed by atoms with van der Waals surface area (Å²) < 4.78 is 3.93. The third-order valence-electron chi connectivity index (χ3n) is 2.47. The Balaban J connectivity index is 2.16. The minimum atomic E-state index is 0.251. The van der Waals surface area contributed by atoms with Crippen LogP contribution >= 0.6 is 23.1 Å². The van der Waals surface area contributed by atoms with Crippen molar-refractivity contribution in [2.45, 2.75) is 20.4 Å². The molecule has 0 saturated carbocycles. The van der Waals surface area contributed by atoms with E-state index in [-0.39, 0.29) is 5.15 Å². The zero-order valence-electron chi connectivity index (χ0n) is 9.33. The van der Waals surface area contributed by atoms with Gasteiger partial charge in [-0.05, 0) is 25.4 Å². The molecular weight excluding hydrogens is 258 g/mol. The number of nitrogens with one attached hydrogen (secondary N) is 2. The maximum Gasteiger partial charge on any atom is 0.162 e. The zero-order valence-corrected chi connectivity index (χ0v) is 10.9. The molecule has 0 aliphatic heterocycles. The first-order valence-corrected chi connectivity index (χ1v) is 6.08. The van der Waals surface area contributed by atoms with Gasteiger partial charge in [-0.3, -0.25) is 5.10 Å². The summed E-state index contributed by atoms with van der Waals surface area (Å²) in [5.41, 5.74) is 3.46. The molecule has 0 aliphatic carbocycles. The van der Waals surface area contributed by atoms with E-state index in [0.29, 0.717) is 17.1 Å². The second-order valence-electron chi connectivity index (χ2n) is 3.56. The van der Waals surface area contributed by atoms with Crippen molar-refractivity contribution >= 4 is 28.1 Å². The normalized spacial score (nSPS) is 10.2. The summed E-state index contributed by atoms with van der Waals surface area (Å²) in [6.45, 7) is 4.49. The number of aromatic amines is 1. The van der Waals surface area contributed by atoms with Crippen LogP contribution in [0, 0.1) is 25.2 Å². The van der Waals surface area contributed by atoms with E-state index < -0.39 is 0 Å². The molecule has 0 aliphatic rings. The Hall–Kier alpha value is -1.58. The fraction of sp³-hybridized carbons (Fsp3) is 0.300. The number of aryl methyl sites for hydroxylation is 2. The largest absolute Gasteiger partial charge is 0.370 e. The van der Waals surface area contributed by atoms with Crippen molar-refractivity contribution in [3.05, 3.63) is 27.7 Å². The van der Waals surface area contributed by atoms with E-state index in [0.717, 1.165) is 17.0 Å². The molecule has 0 bridgehead atoms. The number of halogens is 1. The number of H-pyrrole nitrogens is 1. The second kappa shape index (κ2) is 4.73. The molecule has 0 aromatic carbocycles. The summed E-state index contributed by atoms with van der Waals surface area (Å²) in [6.07, 6.45) is 0. The van der Waals surface area contributed by atoms with Gasteiger partial charge in [0.05, 0.1) is 5.69 Å². The quantitative estimate of drug-likeness (QED) is 0.896. The van der Waals surface area contributed by atoms with Gasteiger partial charge < -0.3 is 5.32 Å². The van der Waals surface area contributed by atoms with E-state index in [1.165, 1.54) is 11.5 Å². The first-order valence-electron chi connectivity index (χ1n) is 4.93. The molecule has 0 radical (unpaired) electrons. The van der Waals surface area contributed by atoms with Crippen molar-refractivity contribution in [3.8, 4) is 6.07 Å². The molecule has 2 aromatic heterocycles. The van der Waals surface area contributed by atoms with Crippen LogP contribution in [0.4, 0.5) is 5.00 Å². The Kier molecular flexibility index (Phi) is 3.31. The predicted octanol–water partition coefficient (Wildman–Crippen LogP) is 2.62. The predicted molar refractivity (Wildman–Crippen MR) is 67.2 cm³/mol. The Morgan fingerprint density at radius 2 is 2.29 bits per heavy atom. The molecule has 5 nitrogen and oxygen atoms in total. The van der Waals surface area contributed by atoms with Gasteiger partial charge in [0.1, 0.15) is 16.6 Å². The van der Waals surface area contributed by atoms with Crippen LogP contribution in [0.15, 0.2) is 0 Å². The third-order valence-corrected chi connectivity index (χ3v) is 3.65. The van der Waals surface area contributed by atoms with Crippen molar-refractivity contribution in [1.29, 1.82) is 5.26 Å². The van der Waals surface area contributed by atoms with E-state index in [9.17, 15) is 0 Å². The van der Waals surface area contributed by atoms with Crippen LogP contribution in [0.25, 0.3) is 0 Å². The van der Waals surface area contributed by atoms with Crippen LogP contribution in [-0.2, 0) is 6.54 Å². The number of nitriles is 1. The van der Waals surface area contributed by atoms with Gasteiger partial charge in [0.2, 0.25) is 0 Å². The van der Waals surface area contributed by atoms with Crippen LogP contribution in [0.5, 0.6) is 0 Å². The molecule has 88 valence electrons. The fourth-order valence-corrected chi connectivity index (χ4v) is 2.42. The van der Waals surface area contributed by atoms with Crippen LogP contribution in [-0.4, -0.2) is 14.6 Å². The SMILES string of the molecule is Cc1n[nH]c(C)c1CNc1snc(Cl)c1C#N. The topological polar surface area (TPSA) is 77.4 Å². The van der Waals surface area contributed by atoms with Gasteiger partial charge in [0, 0.05) is 17.8 Å². The lowest BCUT2D eigenvalue weighted by Gasteiger charge is -2.03. The molecule has 2 heterocycles. The maximum atomic E-state index is 8.93. The van der Waals surface area contributed by atoms with E-state index >= 15 is 0 Å². The molecule has 2 rings (SSSR count). The molecular formula is C10H10ClN5S. The average molecular weight is 268 g/mol. The highest BCUT2D eigenvalue weighted by Crippen LogP contribution is 2.28. The van der Waals surface area contributed by atoms with Gasteiger partial charge >= 0.3 is 0 Å². The molecule has 2 aromatic rings. The molecule has 2 N–H and O–H groups in total. The lowest BCUT2D eigenvalue weighted by atomic mass is 10.2. The molecule has 17 heavy (non-hydrogen) atoms. The Morgan fingerprint density at radius 1 is 1.53 bits per heavy atom. The van der Waals surface area contributed by atoms with Crippen molar-refractivity contribution < 1.29 is 0 Å². The van der Waals surface area contributed by atoms with E-state index in [4.69, 9.17) is 16.9 Å². The Morgan fingerprint density at radius 3 is 2.88 bits per heavy atom. The summed E-state index contributed by atoms with van der Waals surface area (Å²) in [7, 11) is 0. The van der Waals surface area contributed by atoms with Crippen LogP contribution in [0.2, 0.25) is 5.15 Å². The summed E-state index contributed by atoms with van der Waals surface area (Å²) in [5.74, 6) is 0. The van der Waals surface area contributed by atoms with Gasteiger partial charge in [0.25, 0.3) is 0 Å². The average Bonchev–Trinajstić information content (AvgIpc) is 2.81. The van der Waals surface area contributed by atoms with Gasteiger partial charge in [-0.15, -0.1) is 0 Å². The zero-order chi connectivity index (χ0) is 12.4. The minimum absolute atomic E-state index is 0.251. The molecule has 0 fully saturated rings. The van der Waals surface area contributed by atoms with Crippen LogP contribution in [0.1, 0.15) is 22.5 Å². The number of anilines is 1. The van der Waals surface area contributed by atoms with Crippen molar-refractivity contribution in [2.24, 2.45) is 0 Å². The maximum absolute atomic E-state index is 8.93. The highest BCUT2D eigenvalue weighted by atomic mass is 35.5. The minimum Gasteiger partial charge on any atom is -0.370 e. The standard InChI is InChI=1S/C10H10ClN5S/c1-5-8(6(2)15-14-5)4-13-10-7(3-12)9(11)16-17-10/h13H,4H2,1-2H3,(H,14,15). The summed E-state index contributed by atoms with van der Waals surface area (Å²) in [4.78, 5) is 0. The van der Waals surface area contributed by atoms with E-state index in [1.54, 1.807) is 0 Å². The van der Waals surface area contributed by atoms with Gasteiger partial charge in [-0.1, -0.05) is 11.6 Å². The molecule has 0 atom stereocenters. The summed E-state index contributed by atoms with van der Waals surface area (Å²) in [6, 6.07) is 2.03. The molecule has 0 unspecified atom stereocenters. The Labute approximate surface area is 108 Å². The summed E-state index contributed by atoms with van der Waals surface area (Å²) in [5, 5.41) is 20.1. The molecule has 0 amide bonds. The molecule has 7 heteroatoms. The van der Waals surface area contributed by atoms with Crippen molar-refractivity contribution in [2.75, 3.05) is 5.32 Å². The molecule has 0 saturated heterocycles. The Bertz CT molecular complexity index is 561. The summed E-state index contributed by atoms with van der Waals surface area (Å²) >= 11 is 6.97. The highest BCUT2D eigenvalue weighted by Gasteiger charge is 2.12. The number of nitrogens with zero attached hydrogens (tertiary/aromatic N) is 3. The number of aromatic nitrogens is 3. The monoisotopic (exact) mass is 267 g/mol. The number of hydrogen-bond donors (Lipinski definition) is 2. The highest BCUT2D eigenvalue weighted by molar-refractivity contribution is 7.10. The lowest BCUT2D eigenvalue weighted by molar-refractivity contribution is 1.02. The second-order valence-corrected chi connectivity index (χ2v) is 4.69. The van der Waals surface area contributed by atoms with Crippen molar-refractivity contribution in [1.82, 2.24) is 14.6 Å². The first kappa shape index (κ1) is 11.9. The van der Waals surface area contributed by atoms with Crippen LogP contribution < -0.4 is 5.32 Å². The van der Waals surface area contributed by atoms with E-state index in [1.807, 2.05) is 19.9 Å². The third kappa shape index (κ3) is 2.25. The number of hydrogen-bond acceptors (Lipinski definition) is 5. The number of rotatable bonds is 3. The smallest absolute Gasteiger partial charge is 0.162 e. The fourth-order valence-electron chi connectivity index (χ4n) is 1.49. The van der Waals surface area contributed by atoms with E-state index in [2.05, 4.69) is 19.9 Å². The van der Waals surface area contributed by atoms with Gasteiger partial charge in [0.15, 0.2) is 5.15 Å². The van der Waals surface area contributed by atoms with Crippen LogP contribution in [0.3, 0.4) is 0 Å². The first-order chi connectivity index (χ1) is 8.13. The lowest BCUT2D eigenvalue weighted by Crippen LogP contribution is -2.01. The molecule has 0 spiro atoms. The van der Waals surface area contributed by atoms with Crippen molar-refractivity contribution in [3.63, 3.8) is 0 Å². The van der Waals surface area contributed by atoms with Gasteiger partial charge in [-0.25, -0.2) is 0 Å². The van der Waals surface area contributed by atoms with Gasteiger partial charge in [-0.2, -0.15) is 14.7 Å².